The van der Waals surface area contributed by atoms with Gasteiger partial charge in [-0.05, 0) is 5.56 Å². The third kappa shape index (κ3) is 2.85. The van der Waals surface area contributed by atoms with Crippen molar-refractivity contribution in [3.63, 3.8) is 0 Å². The van der Waals surface area contributed by atoms with E-state index in [4.69, 9.17) is 0 Å². The number of fused-ring (bicyclic) bond motifs is 1. The first-order valence-electron chi connectivity index (χ1n) is 7.84. The highest BCUT2D eigenvalue weighted by molar-refractivity contribution is 5.83. The van der Waals surface area contributed by atoms with Crippen molar-refractivity contribution >= 4 is 16.9 Å². The van der Waals surface area contributed by atoms with Crippen LogP contribution >= 0.6 is 0 Å². The normalized spacial score (nSPS) is 16.1. The fourth-order valence-electron chi connectivity index (χ4n) is 2.99. The van der Waals surface area contributed by atoms with Crippen molar-refractivity contribution in [2.45, 2.75) is 6.54 Å². The third-order valence-electron chi connectivity index (χ3n) is 4.31. The molecule has 3 heterocycles. The van der Waals surface area contributed by atoms with E-state index in [1.807, 2.05) is 6.07 Å². The average Bonchev–Trinajstić information content (AvgIpc) is 2.97. The highest BCUT2D eigenvalue weighted by atomic mass is 16.3. The van der Waals surface area contributed by atoms with E-state index < -0.39 is 0 Å². The minimum Gasteiger partial charge on any atom is -0.494 e. The number of aromatic amines is 1. The zero-order valence-electron chi connectivity index (χ0n) is 12.8. The lowest BCUT2D eigenvalue weighted by Crippen LogP contribution is -2.46. The number of H-pyrrole nitrogens is 1. The van der Waals surface area contributed by atoms with E-state index in [1.165, 1.54) is 5.56 Å². The SMILES string of the molecule is Oc1[nH]cc2nc(N3CCN(Cc4ccccc4)CC3)ncc12. The Bertz CT molecular complexity index is 793. The van der Waals surface area contributed by atoms with Gasteiger partial charge < -0.3 is 15.0 Å². The molecular formula is C17H19N5O. The second-order valence-corrected chi connectivity index (χ2v) is 5.85. The maximum Gasteiger partial charge on any atom is 0.226 e. The number of nitrogens with one attached hydrogen (secondary N) is 1. The molecule has 1 fully saturated rings. The first-order valence-corrected chi connectivity index (χ1v) is 7.84. The summed E-state index contributed by atoms with van der Waals surface area (Å²) in [5, 5.41) is 10.3. The summed E-state index contributed by atoms with van der Waals surface area (Å²) in [5.74, 6) is 0.857. The van der Waals surface area contributed by atoms with E-state index in [2.05, 4.69) is 49.0 Å². The van der Waals surface area contributed by atoms with E-state index in [9.17, 15) is 5.11 Å². The van der Waals surface area contributed by atoms with Gasteiger partial charge in [0.1, 0.15) is 0 Å². The van der Waals surface area contributed by atoms with Crippen molar-refractivity contribution in [1.29, 1.82) is 0 Å². The summed E-state index contributed by atoms with van der Waals surface area (Å²) in [4.78, 5) is 16.3. The fourth-order valence-corrected chi connectivity index (χ4v) is 2.99. The van der Waals surface area contributed by atoms with Crippen LogP contribution in [0.3, 0.4) is 0 Å². The quantitative estimate of drug-likeness (QED) is 0.774. The molecular weight excluding hydrogens is 290 g/mol. The summed E-state index contributed by atoms with van der Waals surface area (Å²) < 4.78 is 0. The van der Waals surface area contributed by atoms with Crippen molar-refractivity contribution < 1.29 is 5.11 Å². The summed E-state index contributed by atoms with van der Waals surface area (Å²) in [7, 11) is 0. The predicted octanol–water partition coefficient (Wildman–Crippen LogP) is 1.99. The lowest BCUT2D eigenvalue weighted by atomic mass is 10.2. The summed E-state index contributed by atoms with van der Waals surface area (Å²) >= 11 is 0. The molecule has 6 nitrogen and oxygen atoms in total. The Balaban J connectivity index is 1.42. The number of benzene rings is 1. The van der Waals surface area contributed by atoms with Crippen molar-refractivity contribution in [3.8, 4) is 5.88 Å². The van der Waals surface area contributed by atoms with Gasteiger partial charge in [0.05, 0.1) is 10.9 Å². The van der Waals surface area contributed by atoms with Crippen molar-refractivity contribution in [2.24, 2.45) is 0 Å². The van der Waals surface area contributed by atoms with Gasteiger partial charge in [-0.3, -0.25) is 4.90 Å². The second-order valence-electron chi connectivity index (χ2n) is 5.85. The second kappa shape index (κ2) is 5.89. The fraction of sp³-hybridized carbons (Fsp3) is 0.294. The zero-order chi connectivity index (χ0) is 15.6. The molecule has 118 valence electrons. The molecule has 0 unspecified atom stereocenters. The number of aromatic nitrogens is 3. The number of anilines is 1. The minimum atomic E-state index is 0.124. The molecule has 1 saturated heterocycles. The molecule has 0 saturated carbocycles. The summed E-state index contributed by atoms with van der Waals surface area (Å²) in [6.07, 6.45) is 3.39. The summed E-state index contributed by atoms with van der Waals surface area (Å²) in [5.41, 5.74) is 2.10. The molecule has 3 aromatic rings. The van der Waals surface area contributed by atoms with Gasteiger partial charge in [0.15, 0.2) is 5.88 Å². The van der Waals surface area contributed by atoms with Gasteiger partial charge in [-0.2, -0.15) is 0 Å². The molecule has 1 aromatic carbocycles. The lowest BCUT2D eigenvalue weighted by Gasteiger charge is -2.34. The van der Waals surface area contributed by atoms with E-state index in [0.29, 0.717) is 5.39 Å². The predicted molar refractivity (Wildman–Crippen MR) is 89.5 cm³/mol. The third-order valence-corrected chi connectivity index (χ3v) is 4.31. The first-order chi connectivity index (χ1) is 11.3. The van der Waals surface area contributed by atoms with E-state index in [1.54, 1.807) is 12.4 Å². The monoisotopic (exact) mass is 309 g/mol. The molecule has 2 N–H and O–H groups in total. The molecule has 0 amide bonds. The van der Waals surface area contributed by atoms with Gasteiger partial charge in [0.2, 0.25) is 5.95 Å². The Morgan fingerprint density at radius 2 is 1.87 bits per heavy atom. The van der Waals surface area contributed by atoms with Gasteiger partial charge in [-0.15, -0.1) is 0 Å². The molecule has 0 atom stereocenters. The molecule has 0 spiro atoms. The van der Waals surface area contributed by atoms with Crippen LogP contribution in [0.15, 0.2) is 42.7 Å². The van der Waals surface area contributed by atoms with Crippen LogP contribution in [0.2, 0.25) is 0 Å². The van der Waals surface area contributed by atoms with Crippen LogP contribution in [-0.2, 0) is 6.54 Å². The van der Waals surface area contributed by atoms with Crippen LogP contribution in [-0.4, -0.2) is 51.1 Å². The van der Waals surface area contributed by atoms with Gasteiger partial charge in [0, 0.05) is 45.1 Å². The lowest BCUT2D eigenvalue weighted by molar-refractivity contribution is 0.249. The van der Waals surface area contributed by atoms with Gasteiger partial charge in [-0.25, -0.2) is 9.97 Å². The van der Waals surface area contributed by atoms with Crippen molar-refractivity contribution in [1.82, 2.24) is 19.9 Å². The number of rotatable bonds is 3. The van der Waals surface area contributed by atoms with Crippen LogP contribution in [0.5, 0.6) is 5.88 Å². The first kappa shape index (κ1) is 14.0. The molecule has 4 rings (SSSR count). The largest absolute Gasteiger partial charge is 0.494 e. The highest BCUT2D eigenvalue weighted by Gasteiger charge is 2.19. The Morgan fingerprint density at radius 1 is 1.09 bits per heavy atom. The summed E-state index contributed by atoms with van der Waals surface area (Å²) in [6, 6.07) is 10.6. The van der Waals surface area contributed by atoms with Crippen molar-refractivity contribution in [2.75, 3.05) is 31.1 Å². The van der Waals surface area contributed by atoms with Crippen LogP contribution in [0.25, 0.3) is 10.9 Å². The van der Waals surface area contributed by atoms with Crippen LogP contribution in [0.1, 0.15) is 5.56 Å². The van der Waals surface area contributed by atoms with Gasteiger partial charge in [0.25, 0.3) is 0 Å². The Labute approximate surface area is 134 Å². The molecule has 1 aliphatic heterocycles. The zero-order valence-corrected chi connectivity index (χ0v) is 12.8. The van der Waals surface area contributed by atoms with Crippen LogP contribution in [0.4, 0.5) is 5.95 Å². The van der Waals surface area contributed by atoms with Crippen molar-refractivity contribution in [3.05, 3.63) is 48.3 Å². The number of piperazine rings is 1. The van der Waals surface area contributed by atoms with Crippen LogP contribution in [0, 0.1) is 0 Å². The van der Waals surface area contributed by atoms with E-state index >= 15 is 0 Å². The number of nitrogens with zero attached hydrogens (tertiary/aromatic N) is 4. The molecule has 0 bridgehead atoms. The summed E-state index contributed by atoms with van der Waals surface area (Å²) in [6.45, 7) is 4.80. The Kier molecular flexibility index (Phi) is 3.59. The molecule has 0 radical (unpaired) electrons. The van der Waals surface area contributed by atoms with Gasteiger partial charge >= 0.3 is 0 Å². The smallest absolute Gasteiger partial charge is 0.226 e. The van der Waals surface area contributed by atoms with Gasteiger partial charge in [-0.1, -0.05) is 30.3 Å². The molecule has 1 aliphatic rings. The maximum absolute atomic E-state index is 9.63. The molecule has 0 aliphatic carbocycles. The molecule has 23 heavy (non-hydrogen) atoms. The molecule has 2 aromatic heterocycles. The Morgan fingerprint density at radius 3 is 2.65 bits per heavy atom. The number of aromatic hydroxyl groups is 1. The van der Waals surface area contributed by atoms with E-state index in [0.717, 1.165) is 44.2 Å². The Hall–Kier alpha value is -2.60. The van der Waals surface area contributed by atoms with E-state index in [-0.39, 0.29) is 5.88 Å². The maximum atomic E-state index is 9.63. The topological polar surface area (TPSA) is 68.3 Å². The molecule has 6 heteroatoms. The van der Waals surface area contributed by atoms with Crippen LogP contribution < -0.4 is 4.90 Å². The average molecular weight is 309 g/mol. The standard InChI is InChI=1S/C17H19N5O/c23-16-14-10-19-17(20-15(14)11-18-16)22-8-6-21(7-9-22)12-13-4-2-1-3-5-13/h1-5,10-11,18,23H,6-9,12H2. The number of hydrogen-bond donors (Lipinski definition) is 2. The minimum absolute atomic E-state index is 0.124. The highest BCUT2D eigenvalue weighted by Crippen LogP contribution is 2.23. The number of hydrogen-bond acceptors (Lipinski definition) is 5.